The molecule has 100 heavy (non-hydrogen) atoms. The summed E-state index contributed by atoms with van der Waals surface area (Å²) in [6.07, 6.45) is 0.386. The molecule has 7 unspecified atom stereocenters. The number of H-pyrrole nitrogens is 1. The SMILES string of the molecule is CCC(C)C(N)C1=NCC(C(=O)N[C@@H](CC(C)C)C(=O)N[C@H](CCC(=O)O)C(=O)N[C@H](C(=O)N[C@H]2CCCCNC(=O)C(CC(N)=O)NC(=O)C(CC(=O)O)NC(=O)[C@H](Cc3cnc[nH]3)NC(=O)C(Cc3ccccc3)NC(=O)[C@H]([C@@H](C)CC)NC(=O)C(CCCN)NC2=O)[C@@H](C)CC)S1. The van der Waals surface area contributed by atoms with Gasteiger partial charge in [0.1, 0.15) is 65.7 Å². The number of hydrogen-bond acceptors (Lipinski definition) is 19. The summed E-state index contributed by atoms with van der Waals surface area (Å²) in [5.41, 5.74) is 18.7. The standard InChI is InChI=1S/C66H103N17O16S/c1-9-35(6)52(69)66-72-32-48(100-66)63(97)80-43(26-34(4)5)59(93)75-42(22-23-50(85)86)58(92)83-53(36(7)10-2)64(98)76-40-20-15-16-25-71-55(89)46(29-49(68)84)78-62(96)47(30-51(87)88)79-61(95)45(28-39-31-70-33-73-39)77-60(94)44(27-38-18-13-12-14-19-38)81-65(99)54(37(8)11-3)82-57(91)41(21-17-24-67)74-56(40)90/h12-14,18-19,31,33-37,40-48,52-54H,9-11,15-17,20-30,32,67,69H2,1-8H3,(H2,68,84)(H,70,73)(H,71,89)(H,74,90)(H,75,93)(H,76,98)(H,77,94)(H,78,96)(H,79,95)(H,80,97)(H,81,99)(H,82,91)(H,83,92)(H,85,86)(H,87,88)/t35?,36-,37-,40-,41?,42+,43-,44?,45-,46?,47?,48?,52?,53-,54-/m0/s1. The monoisotopic (exact) mass is 1420 g/mol. The first kappa shape index (κ1) is 83.4. The maximum Gasteiger partial charge on any atom is 0.305 e. The van der Waals surface area contributed by atoms with Crippen molar-refractivity contribution in [3.8, 4) is 0 Å². The van der Waals surface area contributed by atoms with Gasteiger partial charge in [-0.25, -0.2) is 4.98 Å². The molecule has 554 valence electrons. The average Bonchev–Trinajstić information content (AvgIpc) is 1.28. The molecule has 0 aliphatic carbocycles. The third-order valence-electron chi connectivity index (χ3n) is 17.5. The van der Waals surface area contributed by atoms with Gasteiger partial charge >= 0.3 is 11.9 Å². The lowest BCUT2D eigenvalue weighted by Gasteiger charge is -2.30. The van der Waals surface area contributed by atoms with E-state index in [2.05, 4.69) is 73.4 Å². The fourth-order valence-corrected chi connectivity index (χ4v) is 12.0. The number of benzene rings is 1. The second kappa shape index (κ2) is 42.1. The highest BCUT2D eigenvalue weighted by Gasteiger charge is 2.40. The van der Waals surface area contributed by atoms with Gasteiger partial charge in [-0.1, -0.05) is 117 Å². The van der Waals surface area contributed by atoms with Gasteiger partial charge in [0.15, 0.2) is 0 Å². The van der Waals surface area contributed by atoms with Gasteiger partial charge in [0.2, 0.25) is 70.9 Å². The number of primary amides is 1. The highest BCUT2D eigenvalue weighted by Crippen LogP contribution is 2.27. The van der Waals surface area contributed by atoms with Crippen molar-refractivity contribution in [3.05, 3.63) is 54.1 Å². The molecule has 1 aromatic heterocycles. The minimum Gasteiger partial charge on any atom is -0.481 e. The number of carboxylic acid groups (broad SMARTS) is 2. The van der Waals surface area contributed by atoms with Gasteiger partial charge in [0.05, 0.1) is 36.8 Å². The number of aliphatic carboxylic acids is 2. The number of carboxylic acids is 2. The Bertz CT molecular complexity index is 3160. The zero-order chi connectivity index (χ0) is 74.3. The minimum absolute atomic E-state index is 0.00169. The van der Waals surface area contributed by atoms with Crippen LogP contribution in [0.1, 0.15) is 150 Å². The number of aromatic nitrogens is 2. The summed E-state index contributed by atoms with van der Waals surface area (Å²) in [4.78, 5) is 207. The molecule has 2 aliphatic rings. The molecule has 34 heteroatoms. The van der Waals surface area contributed by atoms with E-state index in [0.29, 0.717) is 16.3 Å². The van der Waals surface area contributed by atoms with Gasteiger partial charge in [-0.3, -0.25) is 72.1 Å². The van der Waals surface area contributed by atoms with E-state index in [4.69, 9.17) is 17.2 Å². The Morgan fingerprint density at radius 1 is 0.660 bits per heavy atom. The highest BCUT2D eigenvalue weighted by molar-refractivity contribution is 8.15. The lowest BCUT2D eigenvalue weighted by Crippen LogP contribution is -2.62. The molecule has 0 saturated carbocycles. The van der Waals surface area contributed by atoms with E-state index >= 15 is 0 Å². The number of carbonyl (C=O) groups excluding carboxylic acids is 12. The predicted molar refractivity (Wildman–Crippen MR) is 369 cm³/mol. The normalized spacial score (nSPS) is 23.1. The summed E-state index contributed by atoms with van der Waals surface area (Å²) < 4.78 is 0. The number of imidazole rings is 1. The Labute approximate surface area is 586 Å². The molecular weight excluding hydrogens is 1320 g/mol. The van der Waals surface area contributed by atoms with Gasteiger partial charge in [0.25, 0.3) is 0 Å². The summed E-state index contributed by atoms with van der Waals surface area (Å²) in [5, 5.41) is 48.4. The first-order chi connectivity index (χ1) is 47.4. The molecular formula is C66H103N17O16S. The molecule has 20 N–H and O–H groups in total. The molecule has 1 saturated heterocycles. The molecule has 12 amide bonds. The van der Waals surface area contributed by atoms with E-state index in [-0.39, 0.29) is 95.7 Å². The molecule has 2 aliphatic heterocycles. The third kappa shape index (κ3) is 27.6. The van der Waals surface area contributed by atoms with Crippen LogP contribution in [-0.2, 0) is 80.0 Å². The zero-order valence-corrected chi connectivity index (χ0v) is 59.0. The van der Waals surface area contributed by atoms with Crippen molar-refractivity contribution in [2.45, 2.75) is 223 Å². The van der Waals surface area contributed by atoms with E-state index in [1.807, 2.05) is 27.7 Å². The van der Waals surface area contributed by atoms with Crippen LogP contribution >= 0.6 is 11.8 Å². The van der Waals surface area contributed by atoms with E-state index in [0.717, 1.165) is 6.42 Å². The van der Waals surface area contributed by atoms with Gasteiger partial charge < -0.3 is 90.9 Å². The van der Waals surface area contributed by atoms with E-state index < -0.39 is 192 Å². The number of aromatic amines is 1. The van der Waals surface area contributed by atoms with Gasteiger partial charge in [-0.2, -0.15) is 0 Å². The van der Waals surface area contributed by atoms with Crippen molar-refractivity contribution in [1.29, 1.82) is 0 Å². The fraction of sp³-hybridized carbons (Fsp3) is 0.636. The lowest BCUT2D eigenvalue weighted by atomic mass is 9.96. The summed E-state index contributed by atoms with van der Waals surface area (Å²) in [6.45, 7) is 14.2. The zero-order valence-electron chi connectivity index (χ0n) is 58.2. The number of thioether (sulfide) groups is 1. The maximum atomic E-state index is 14.9. The van der Waals surface area contributed by atoms with E-state index in [9.17, 15) is 77.3 Å². The number of nitrogens with zero attached hydrogens (tertiary/aromatic N) is 2. The van der Waals surface area contributed by atoms with E-state index in [1.54, 1.807) is 58.0 Å². The van der Waals surface area contributed by atoms with Crippen LogP contribution in [0.5, 0.6) is 0 Å². The molecule has 1 fully saturated rings. The smallest absolute Gasteiger partial charge is 0.305 e. The third-order valence-corrected chi connectivity index (χ3v) is 18.8. The van der Waals surface area contributed by atoms with E-state index in [1.165, 1.54) is 24.3 Å². The maximum absolute atomic E-state index is 14.9. The molecule has 3 heterocycles. The Balaban J connectivity index is 1.76. The number of rotatable bonds is 31. The van der Waals surface area contributed by atoms with Gasteiger partial charge in [0, 0.05) is 37.7 Å². The first-order valence-electron chi connectivity index (χ1n) is 34.1. The van der Waals surface area contributed by atoms with Gasteiger partial charge in [-0.15, -0.1) is 0 Å². The van der Waals surface area contributed by atoms with Crippen LogP contribution in [0.15, 0.2) is 47.8 Å². The Hall–Kier alpha value is -9.05. The summed E-state index contributed by atoms with van der Waals surface area (Å²) in [7, 11) is 0. The molecule has 0 radical (unpaired) electrons. The topological polar surface area (TPSA) is 531 Å². The number of carbonyl (C=O) groups is 14. The predicted octanol–water partition coefficient (Wildman–Crippen LogP) is -1.68. The molecule has 0 spiro atoms. The van der Waals surface area contributed by atoms with Crippen LogP contribution in [0.2, 0.25) is 0 Å². The quantitative estimate of drug-likeness (QED) is 0.0401. The Morgan fingerprint density at radius 2 is 1.26 bits per heavy atom. The van der Waals surface area contributed by atoms with Crippen LogP contribution in [0.25, 0.3) is 0 Å². The molecule has 33 nitrogen and oxygen atoms in total. The average molecular weight is 1420 g/mol. The van der Waals surface area contributed by atoms with Crippen LogP contribution in [0, 0.1) is 23.7 Å². The van der Waals surface area contributed by atoms with Crippen molar-refractivity contribution < 1.29 is 77.3 Å². The van der Waals surface area contributed by atoms with Crippen molar-refractivity contribution in [3.63, 3.8) is 0 Å². The lowest BCUT2D eigenvalue weighted by molar-refractivity contribution is -0.142. The number of hydrogen-bond donors (Lipinski definition) is 17. The fourth-order valence-electron chi connectivity index (χ4n) is 10.9. The molecule has 2 aromatic rings. The van der Waals surface area contributed by atoms with Crippen molar-refractivity contribution >= 4 is 99.6 Å². The summed E-state index contributed by atoms with van der Waals surface area (Å²) >= 11 is 1.20. The molecule has 0 bridgehead atoms. The van der Waals surface area contributed by atoms with Crippen LogP contribution in [-0.4, -0.2) is 199 Å². The second-order valence-corrected chi connectivity index (χ2v) is 27.2. The highest BCUT2D eigenvalue weighted by atomic mass is 32.2. The van der Waals surface area contributed by atoms with Crippen molar-refractivity contribution in [2.75, 3.05) is 19.6 Å². The largest absolute Gasteiger partial charge is 0.481 e. The van der Waals surface area contributed by atoms with Crippen molar-refractivity contribution in [1.82, 2.24) is 68.5 Å². The molecule has 4 rings (SSSR count). The van der Waals surface area contributed by atoms with Crippen molar-refractivity contribution in [2.24, 2.45) is 45.9 Å². The number of aliphatic imine (C=N–C) groups is 1. The summed E-state index contributed by atoms with van der Waals surface area (Å²) in [5.74, 6) is -15.6. The molecule has 15 atom stereocenters. The first-order valence-corrected chi connectivity index (χ1v) is 35.0. The molecule has 1 aromatic carbocycles. The number of amides is 12. The minimum atomic E-state index is -1.94. The number of nitrogens with two attached hydrogens (primary N) is 3. The Kier molecular flexibility index (Phi) is 35.1. The second-order valence-electron chi connectivity index (χ2n) is 25.9. The van der Waals surface area contributed by atoms with Gasteiger partial charge in [-0.05, 0) is 80.7 Å². The van der Waals surface area contributed by atoms with Crippen LogP contribution in [0.4, 0.5) is 0 Å². The summed E-state index contributed by atoms with van der Waals surface area (Å²) in [6, 6.07) is -7.45. The van der Waals surface area contributed by atoms with Crippen LogP contribution < -0.4 is 75.7 Å². The Morgan fingerprint density at radius 3 is 1.85 bits per heavy atom. The number of nitrogens with one attached hydrogen (secondary N) is 12. The van der Waals surface area contributed by atoms with Crippen LogP contribution in [0.3, 0.4) is 0 Å².